The lowest BCUT2D eigenvalue weighted by Crippen LogP contribution is -2.53. The van der Waals surface area contributed by atoms with Gasteiger partial charge in [0.15, 0.2) is 0 Å². The lowest BCUT2D eigenvalue weighted by molar-refractivity contribution is 0.164. The second-order valence-electron chi connectivity index (χ2n) is 3.09. The first-order chi connectivity index (χ1) is 6.22. The third-order valence-corrected chi connectivity index (χ3v) is 2.20. The van der Waals surface area contributed by atoms with Gasteiger partial charge in [-0.15, -0.1) is 0 Å². The van der Waals surface area contributed by atoms with Crippen LogP contribution in [0.5, 0.6) is 0 Å². The number of hydrogen-bond acceptors (Lipinski definition) is 4. The summed E-state index contributed by atoms with van der Waals surface area (Å²) in [6.07, 6.45) is 6.57. The van der Waals surface area contributed by atoms with Crippen molar-refractivity contribution in [1.82, 2.24) is 10.6 Å². The Morgan fingerprint density at radius 2 is 2.46 bits per heavy atom. The fourth-order valence-corrected chi connectivity index (χ4v) is 1.25. The number of allylic oxidation sites excluding steroid dienone is 1. The van der Waals surface area contributed by atoms with E-state index in [2.05, 4.69) is 10.6 Å². The van der Waals surface area contributed by atoms with E-state index in [0.717, 1.165) is 12.1 Å². The van der Waals surface area contributed by atoms with Gasteiger partial charge < -0.3 is 15.8 Å². The van der Waals surface area contributed by atoms with Crippen molar-refractivity contribution >= 4 is 0 Å². The Bertz CT molecular complexity index is 225. The second kappa shape index (κ2) is 4.30. The van der Waals surface area contributed by atoms with Crippen LogP contribution < -0.4 is 16.4 Å². The van der Waals surface area contributed by atoms with Crippen LogP contribution in [0.2, 0.25) is 0 Å². The second-order valence-corrected chi connectivity index (χ2v) is 3.09. The third-order valence-electron chi connectivity index (χ3n) is 2.20. The summed E-state index contributed by atoms with van der Waals surface area (Å²) in [7, 11) is 3.60. The van der Waals surface area contributed by atoms with Gasteiger partial charge in [0.25, 0.3) is 0 Å². The molecule has 0 aromatic rings. The smallest absolute Gasteiger partial charge is 0.109 e. The van der Waals surface area contributed by atoms with Crippen LogP contribution in [0.25, 0.3) is 0 Å². The van der Waals surface area contributed by atoms with Crippen LogP contribution in [0.1, 0.15) is 6.42 Å². The Labute approximate surface area is 78.8 Å². The molecule has 0 saturated heterocycles. The topological polar surface area (TPSA) is 59.3 Å². The van der Waals surface area contributed by atoms with E-state index in [1.54, 1.807) is 13.3 Å². The normalized spacial score (nSPS) is 26.8. The first-order valence-electron chi connectivity index (χ1n) is 4.33. The standard InChI is InChI=1S/C9H17N3O/c1-11-9(5-6-13-2)4-3-8(10)7-12-9/h3-4,7,11-12H,5-6,10H2,1-2H3. The molecule has 0 fully saturated rings. The van der Waals surface area contributed by atoms with Gasteiger partial charge in [-0.25, -0.2) is 0 Å². The van der Waals surface area contributed by atoms with Crippen molar-refractivity contribution in [3.8, 4) is 0 Å². The molecule has 0 spiro atoms. The zero-order valence-corrected chi connectivity index (χ0v) is 8.13. The van der Waals surface area contributed by atoms with Gasteiger partial charge in [-0.1, -0.05) is 0 Å². The molecule has 0 amide bonds. The van der Waals surface area contributed by atoms with Crippen molar-refractivity contribution in [3.63, 3.8) is 0 Å². The Morgan fingerprint density at radius 1 is 1.69 bits per heavy atom. The van der Waals surface area contributed by atoms with E-state index in [9.17, 15) is 0 Å². The summed E-state index contributed by atoms with van der Waals surface area (Å²) in [5, 5.41) is 6.40. The van der Waals surface area contributed by atoms with Crippen LogP contribution in [0.4, 0.5) is 0 Å². The molecule has 4 N–H and O–H groups in total. The molecule has 0 aliphatic carbocycles. The predicted octanol–water partition coefficient (Wildman–Crippen LogP) is -0.102. The number of hydrogen-bond donors (Lipinski definition) is 3. The average molecular weight is 183 g/mol. The van der Waals surface area contributed by atoms with Crippen molar-refractivity contribution in [2.75, 3.05) is 20.8 Å². The number of likely N-dealkylation sites (N-methyl/N-ethyl adjacent to an activating group) is 1. The summed E-state index contributed by atoms with van der Waals surface area (Å²) in [4.78, 5) is 0. The molecule has 74 valence electrons. The highest BCUT2D eigenvalue weighted by atomic mass is 16.5. The number of methoxy groups -OCH3 is 1. The molecule has 0 bridgehead atoms. The van der Waals surface area contributed by atoms with Gasteiger partial charge in [0.1, 0.15) is 5.66 Å². The van der Waals surface area contributed by atoms with E-state index >= 15 is 0 Å². The van der Waals surface area contributed by atoms with E-state index in [1.807, 2.05) is 19.2 Å². The minimum atomic E-state index is -0.209. The molecule has 0 saturated carbocycles. The van der Waals surface area contributed by atoms with Crippen molar-refractivity contribution < 1.29 is 4.74 Å². The molecule has 0 radical (unpaired) electrons. The maximum atomic E-state index is 5.59. The summed E-state index contributed by atoms with van der Waals surface area (Å²) in [6, 6.07) is 0. The van der Waals surface area contributed by atoms with E-state index in [0.29, 0.717) is 6.61 Å². The van der Waals surface area contributed by atoms with Gasteiger partial charge in [0, 0.05) is 25.4 Å². The number of nitrogens with one attached hydrogen (secondary N) is 2. The van der Waals surface area contributed by atoms with Crippen molar-refractivity contribution in [1.29, 1.82) is 0 Å². The van der Waals surface area contributed by atoms with Crippen LogP contribution in [0.3, 0.4) is 0 Å². The predicted molar refractivity (Wildman–Crippen MR) is 52.8 cm³/mol. The zero-order valence-electron chi connectivity index (χ0n) is 8.13. The molecular weight excluding hydrogens is 166 g/mol. The molecule has 4 heteroatoms. The van der Waals surface area contributed by atoms with E-state index in [4.69, 9.17) is 10.5 Å². The summed E-state index contributed by atoms with van der Waals surface area (Å²) < 4.78 is 5.03. The Balaban J connectivity index is 2.58. The number of dihydropyridines is 1. The monoisotopic (exact) mass is 183 g/mol. The Hall–Kier alpha value is -1.00. The van der Waals surface area contributed by atoms with E-state index in [1.165, 1.54) is 0 Å². The first kappa shape index (κ1) is 10.1. The Morgan fingerprint density at radius 3 is 2.92 bits per heavy atom. The maximum Gasteiger partial charge on any atom is 0.109 e. The fourth-order valence-electron chi connectivity index (χ4n) is 1.25. The summed E-state index contributed by atoms with van der Waals surface area (Å²) >= 11 is 0. The van der Waals surface area contributed by atoms with Gasteiger partial charge in [-0.05, 0) is 19.2 Å². The van der Waals surface area contributed by atoms with Crippen LogP contribution in [0.15, 0.2) is 24.0 Å². The third kappa shape index (κ3) is 2.47. The molecule has 4 nitrogen and oxygen atoms in total. The average Bonchev–Trinajstić information content (AvgIpc) is 2.18. The molecule has 0 aromatic carbocycles. The fraction of sp³-hybridized carbons (Fsp3) is 0.556. The van der Waals surface area contributed by atoms with Gasteiger partial charge in [-0.3, -0.25) is 5.32 Å². The van der Waals surface area contributed by atoms with Crippen molar-refractivity contribution in [2.45, 2.75) is 12.1 Å². The van der Waals surface area contributed by atoms with Gasteiger partial charge >= 0.3 is 0 Å². The molecule has 1 heterocycles. The van der Waals surface area contributed by atoms with Crippen LogP contribution in [-0.2, 0) is 4.74 Å². The van der Waals surface area contributed by atoms with E-state index in [-0.39, 0.29) is 5.66 Å². The van der Waals surface area contributed by atoms with Crippen molar-refractivity contribution in [3.05, 3.63) is 24.0 Å². The summed E-state index contributed by atoms with van der Waals surface area (Å²) in [5.74, 6) is 0. The molecular formula is C9H17N3O. The zero-order chi connectivity index (χ0) is 9.73. The number of nitrogens with two attached hydrogens (primary N) is 1. The molecule has 13 heavy (non-hydrogen) atoms. The molecule has 1 aliphatic heterocycles. The summed E-state index contributed by atoms with van der Waals surface area (Å²) in [5.41, 5.74) is 6.12. The SMILES string of the molecule is CNC1(CCOC)C=CC(N)=CN1. The number of rotatable bonds is 4. The van der Waals surface area contributed by atoms with Crippen molar-refractivity contribution in [2.24, 2.45) is 5.73 Å². The van der Waals surface area contributed by atoms with E-state index < -0.39 is 0 Å². The molecule has 1 rings (SSSR count). The van der Waals surface area contributed by atoms with Crippen LogP contribution >= 0.6 is 0 Å². The number of ether oxygens (including phenoxy) is 1. The minimum absolute atomic E-state index is 0.209. The highest BCUT2D eigenvalue weighted by Gasteiger charge is 2.24. The van der Waals surface area contributed by atoms with Crippen LogP contribution in [-0.4, -0.2) is 26.4 Å². The highest BCUT2D eigenvalue weighted by Crippen LogP contribution is 2.13. The largest absolute Gasteiger partial charge is 0.398 e. The van der Waals surface area contributed by atoms with Gasteiger partial charge in [0.2, 0.25) is 0 Å². The molecule has 0 aromatic heterocycles. The minimum Gasteiger partial charge on any atom is -0.398 e. The van der Waals surface area contributed by atoms with Gasteiger partial charge in [-0.2, -0.15) is 0 Å². The first-order valence-corrected chi connectivity index (χ1v) is 4.33. The molecule has 1 unspecified atom stereocenters. The Kier molecular flexibility index (Phi) is 3.33. The quantitative estimate of drug-likeness (QED) is 0.569. The maximum absolute atomic E-state index is 5.59. The lowest BCUT2D eigenvalue weighted by atomic mass is 10.0. The summed E-state index contributed by atoms with van der Waals surface area (Å²) in [6.45, 7) is 0.700. The lowest BCUT2D eigenvalue weighted by Gasteiger charge is -2.33. The van der Waals surface area contributed by atoms with Gasteiger partial charge in [0.05, 0.1) is 6.61 Å². The highest BCUT2D eigenvalue weighted by molar-refractivity contribution is 5.24. The molecule has 1 aliphatic rings. The van der Waals surface area contributed by atoms with Crippen LogP contribution in [0, 0.1) is 0 Å². The molecule has 1 atom stereocenters.